The third-order valence-corrected chi connectivity index (χ3v) is 3.83. The smallest absolute Gasteiger partial charge is 0.162 e. The zero-order valence-corrected chi connectivity index (χ0v) is 8.46. The largest absolute Gasteiger partial charge is 0.274 e. The van der Waals surface area contributed by atoms with Gasteiger partial charge in [0.25, 0.3) is 0 Å². The second kappa shape index (κ2) is 3.00. The molecule has 0 aromatic heterocycles. The highest BCUT2D eigenvalue weighted by Gasteiger charge is 2.35. The zero-order valence-electron chi connectivity index (χ0n) is 7.56. The molecule has 60 valence electrons. The molecule has 1 nitrogen and oxygen atoms in total. The number of hydrogen-bond acceptors (Lipinski definition) is 1. The summed E-state index contributed by atoms with van der Waals surface area (Å²) < 4.78 is 10.7. The van der Waals surface area contributed by atoms with Gasteiger partial charge in [-0.3, -0.25) is 4.57 Å². The summed E-state index contributed by atoms with van der Waals surface area (Å²) in [6.45, 7) is 10.5. The molecule has 0 aliphatic rings. The van der Waals surface area contributed by atoms with Crippen LogP contribution < -0.4 is 0 Å². The van der Waals surface area contributed by atoms with E-state index in [9.17, 15) is 4.57 Å². The molecule has 2 heteroatoms. The minimum Gasteiger partial charge on any atom is -0.274 e. The van der Waals surface area contributed by atoms with Crippen molar-refractivity contribution in [2.24, 2.45) is 5.41 Å². The van der Waals surface area contributed by atoms with Crippen LogP contribution in [-0.2, 0) is 4.57 Å². The maximum absolute atomic E-state index is 10.7. The van der Waals surface area contributed by atoms with Gasteiger partial charge in [-0.25, -0.2) is 0 Å². The first-order valence-corrected chi connectivity index (χ1v) is 4.53. The van der Waals surface area contributed by atoms with Crippen molar-refractivity contribution in [2.45, 2.75) is 46.2 Å². The van der Waals surface area contributed by atoms with Gasteiger partial charge in [-0.1, -0.05) is 20.8 Å². The molecule has 0 saturated carbocycles. The second-order valence-corrected chi connectivity index (χ2v) is 5.19. The van der Waals surface area contributed by atoms with Crippen molar-refractivity contribution in [3.63, 3.8) is 0 Å². The molecule has 0 radical (unpaired) electrons. The van der Waals surface area contributed by atoms with Gasteiger partial charge in [-0.2, -0.15) is 0 Å². The molecule has 0 aromatic carbocycles. The van der Waals surface area contributed by atoms with Gasteiger partial charge < -0.3 is 0 Å². The van der Waals surface area contributed by atoms with E-state index in [4.69, 9.17) is 0 Å². The van der Waals surface area contributed by atoms with Crippen molar-refractivity contribution in [1.29, 1.82) is 0 Å². The highest BCUT2D eigenvalue weighted by Crippen LogP contribution is 2.42. The van der Waals surface area contributed by atoms with Gasteiger partial charge in [0.1, 0.15) is 0 Å². The van der Waals surface area contributed by atoms with Gasteiger partial charge >= 0.3 is 0 Å². The molecule has 0 saturated heterocycles. The van der Waals surface area contributed by atoms with Gasteiger partial charge in [-0.15, -0.1) is 0 Å². The Hall–Kier alpha value is 0.100. The molecule has 0 N–H and O–H groups in total. The Bertz CT molecular complexity index is 127. The van der Waals surface area contributed by atoms with Crippen LogP contribution in [0.1, 0.15) is 41.0 Å². The Kier molecular flexibility index (Phi) is 3.03. The predicted octanol–water partition coefficient (Wildman–Crippen LogP) is 3.49. The first-order chi connectivity index (χ1) is 4.37. The monoisotopic (exact) mass is 160 g/mol. The minimum absolute atomic E-state index is 0.0955. The Morgan fingerprint density at radius 1 is 1.20 bits per heavy atom. The molecule has 0 amide bonds. The SMILES string of the molecule is CCC(C)(C)C(C)(C)P=O. The van der Waals surface area contributed by atoms with E-state index in [0.717, 1.165) is 6.42 Å². The van der Waals surface area contributed by atoms with Crippen LogP contribution >= 0.6 is 8.46 Å². The molecule has 0 aliphatic heterocycles. The standard InChI is InChI=1S/C8H17OP/c1-6-7(2,3)8(4,5)10-9/h6H2,1-5H3. The topological polar surface area (TPSA) is 17.1 Å². The average molecular weight is 160 g/mol. The van der Waals surface area contributed by atoms with E-state index in [1.165, 1.54) is 0 Å². The van der Waals surface area contributed by atoms with Crippen molar-refractivity contribution < 1.29 is 4.57 Å². The molecule has 0 unspecified atom stereocenters. The zero-order chi connectivity index (χ0) is 8.41. The van der Waals surface area contributed by atoms with Gasteiger partial charge in [-0.05, 0) is 25.7 Å². The Balaban J connectivity index is 4.43. The maximum atomic E-state index is 10.7. The third-order valence-electron chi connectivity index (χ3n) is 2.77. The summed E-state index contributed by atoms with van der Waals surface area (Å²) in [6, 6.07) is 0. The van der Waals surface area contributed by atoms with Crippen LogP contribution in [-0.4, -0.2) is 5.16 Å². The van der Waals surface area contributed by atoms with Crippen LogP contribution in [0.15, 0.2) is 0 Å². The molecule has 0 spiro atoms. The number of rotatable bonds is 3. The summed E-state index contributed by atoms with van der Waals surface area (Å²) in [7, 11) is 0.251. The highest BCUT2D eigenvalue weighted by molar-refractivity contribution is 7.26. The highest BCUT2D eigenvalue weighted by atomic mass is 31.1. The first kappa shape index (κ1) is 10.1. The van der Waals surface area contributed by atoms with E-state index in [0.29, 0.717) is 0 Å². The average Bonchev–Trinajstić information content (AvgIpc) is 1.88. The van der Waals surface area contributed by atoms with Gasteiger partial charge in [0.2, 0.25) is 0 Å². The molecule has 0 bridgehead atoms. The van der Waals surface area contributed by atoms with E-state index in [2.05, 4.69) is 20.8 Å². The summed E-state index contributed by atoms with van der Waals surface area (Å²) in [5, 5.41) is -0.0955. The molecule has 0 aliphatic carbocycles. The van der Waals surface area contributed by atoms with Crippen molar-refractivity contribution in [3.05, 3.63) is 0 Å². The first-order valence-electron chi connectivity index (χ1n) is 3.72. The summed E-state index contributed by atoms with van der Waals surface area (Å²) in [5.74, 6) is 0. The van der Waals surface area contributed by atoms with Crippen LogP contribution in [0.25, 0.3) is 0 Å². The lowest BCUT2D eigenvalue weighted by atomic mass is 9.78. The van der Waals surface area contributed by atoms with Gasteiger partial charge in [0.05, 0.1) is 5.16 Å². The van der Waals surface area contributed by atoms with Crippen molar-refractivity contribution in [3.8, 4) is 0 Å². The fourth-order valence-electron chi connectivity index (χ4n) is 0.556. The van der Waals surface area contributed by atoms with Crippen LogP contribution in [0.4, 0.5) is 0 Å². The van der Waals surface area contributed by atoms with Crippen LogP contribution in [0.5, 0.6) is 0 Å². The van der Waals surface area contributed by atoms with Gasteiger partial charge in [0.15, 0.2) is 8.46 Å². The third kappa shape index (κ3) is 1.79. The van der Waals surface area contributed by atoms with E-state index in [-0.39, 0.29) is 19.0 Å². The lowest BCUT2D eigenvalue weighted by Crippen LogP contribution is -2.32. The fraction of sp³-hybridized carbons (Fsp3) is 1.00. The molecule has 10 heavy (non-hydrogen) atoms. The lowest BCUT2D eigenvalue weighted by molar-refractivity contribution is 0.265. The normalized spacial score (nSPS) is 14.1. The van der Waals surface area contributed by atoms with Crippen LogP contribution in [0.2, 0.25) is 0 Å². The molecule has 0 atom stereocenters. The lowest BCUT2D eigenvalue weighted by Gasteiger charge is -2.35. The number of hydrogen-bond donors (Lipinski definition) is 0. The van der Waals surface area contributed by atoms with E-state index in [1.54, 1.807) is 0 Å². The van der Waals surface area contributed by atoms with E-state index >= 15 is 0 Å². The van der Waals surface area contributed by atoms with Crippen molar-refractivity contribution in [2.75, 3.05) is 0 Å². The summed E-state index contributed by atoms with van der Waals surface area (Å²) in [5.41, 5.74) is 0.163. The molecular formula is C8H17OP. The molecule has 0 rings (SSSR count). The van der Waals surface area contributed by atoms with Crippen LogP contribution in [0, 0.1) is 5.41 Å². The Labute approximate surface area is 65.4 Å². The van der Waals surface area contributed by atoms with E-state index < -0.39 is 0 Å². The molecular weight excluding hydrogens is 143 g/mol. The second-order valence-electron chi connectivity index (χ2n) is 3.89. The molecule has 0 aromatic rings. The summed E-state index contributed by atoms with van der Waals surface area (Å²) >= 11 is 0. The summed E-state index contributed by atoms with van der Waals surface area (Å²) in [6.07, 6.45) is 1.06. The maximum Gasteiger partial charge on any atom is 0.162 e. The fourth-order valence-corrected chi connectivity index (χ4v) is 0.961. The Morgan fingerprint density at radius 3 is 1.70 bits per heavy atom. The van der Waals surface area contributed by atoms with Crippen molar-refractivity contribution in [1.82, 2.24) is 0 Å². The minimum atomic E-state index is -0.0955. The van der Waals surface area contributed by atoms with Crippen molar-refractivity contribution >= 4 is 8.46 Å². The molecule has 0 heterocycles. The molecule has 0 fully saturated rings. The predicted molar refractivity (Wildman–Crippen MR) is 45.8 cm³/mol. The van der Waals surface area contributed by atoms with Crippen LogP contribution in [0.3, 0.4) is 0 Å². The quantitative estimate of drug-likeness (QED) is 0.577. The summed E-state index contributed by atoms with van der Waals surface area (Å²) in [4.78, 5) is 0. The van der Waals surface area contributed by atoms with Gasteiger partial charge in [0, 0.05) is 0 Å². The Morgan fingerprint density at radius 2 is 1.60 bits per heavy atom. The van der Waals surface area contributed by atoms with E-state index in [1.807, 2.05) is 13.8 Å².